The molecule has 0 spiro atoms. The van der Waals surface area contributed by atoms with E-state index in [1.807, 2.05) is 42.5 Å². The summed E-state index contributed by atoms with van der Waals surface area (Å²) in [5.41, 5.74) is 4.10. The second-order valence-electron chi connectivity index (χ2n) is 7.61. The quantitative estimate of drug-likeness (QED) is 0.468. The Hall–Kier alpha value is -3.31. The molecule has 6 heteroatoms. The number of pyridine rings is 1. The average Bonchev–Trinajstić information content (AvgIpc) is 3.31. The van der Waals surface area contributed by atoms with Crippen LogP contribution >= 0.6 is 12.4 Å². The fourth-order valence-corrected chi connectivity index (χ4v) is 3.87. The van der Waals surface area contributed by atoms with Gasteiger partial charge >= 0.3 is 5.97 Å². The largest absolute Gasteiger partial charge is 0.493 e. The summed E-state index contributed by atoms with van der Waals surface area (Å²) in [6.45, 7) is 0. The second kappa shape index (κ2) is 10.8. The zero-order valence-corrected chi connectivity index (χ0v) is 18.7. The van der Waals surface area contributed by atoms with Gasteiger partial charge in [-0.3, -0.25) is 4.98 Å². The molecule has 32 heavy (non-hydrogen) atoms. The van der Waals surface area contributed by atoms with Crippen LogP contribution in [0.15, 0.2) is 67.0 Å². The van der Waals surface area contributed by atoms with Crippen molar-refractivity contribution in [3.05, 3.63) is 89.2 Å². The Labute approximate surface area is 194 Å². The predicted octanol–water partition coefficient (Wildman–Crippen LogP) is 6.12. The molecule has 3 aromatic rings. The van der Waals surface area contributed by atoms with E-state index < -0.39 is 5.97 Å². The second-order valence-corrected chi connectivity index (χ2v) is 7.61. The number of rotatable bonds is 7. The van der Waals surface area contributed by atoms with Crippen molar-refractivity contribution in [3.8, 4) is 11.5 Å². The number of carbonyl (C=O) groups is 1. The van der Waals surface area contributed by atoms with Crippen LogP contribution < -0.4 is 9.47 Å². The first-order valence-corrected chi connectivity index (χ1v) is 10.4. The molecule has 0 saturated heterocycles. The fraction of sp³-hybridized carbons (Fsp3) is 0.231. The first kappa shape index (κ1) is 23.4. The molecule has 0 atom stereocenters. The van der Waals surface area contributed by atoms with E-state index in [0.29, 0.717) is 5.75 Å². The molecule has 5 nitrogen and oxygen atoms in total. The molecule has 1 aliphatic rings. The van der Waals surface area contributed by atoms with E-state index in [1.54, 1.807) is 31.6 Å². The molecule has 0 aliphatic heterocycles. The lowest BCUT2D eigenvalue weighted by atomic mass is 9.94. The summed E-state index contributed by atoms with van der Waals surface area (Å²) in [4.78, 5) is 15.4. The predicted molar refractivity (Wildman–Crippen MR) is 128 cm³/mol. The Morgan fingerprint density at radius 3 is 2.19 bits per heavy atom. The Morgan fingerprint density at radius 1 is 0.938 bits per heavy atom. The highest BCUT2D eigenvalue weighted by Gasteiger charge is 2.19. The number of carboxylic acid groups (broad SMARTS) is 1. The topological polar surface area (TPSA) is 68.7 Å². The summed E-state index contributed by atoms with van der Waals surface area (Å²) >= 11 is 0. The molecular formula is C26H26ClNO4. The molecule has 1 N–H and O–H groups in total. The molecule has 2 aromatic carbocycles. The van der Waals surface area contributed by atoms with Crippen LogP contribution in [0.25, 0.3) is 11.6 Å². The van der Waals surface area contributed by atoms with Crippen LogP contribution in [0.3, 0.4) is 0 Å². The van der Waals surface area contributed by atoms with E-state index in [-0.39, 0.29) is 24.1 Å². The van der Waals surface area contributed by atoms with Crippen molar-refractivity contribution in [3.63, 3.8) is 0 Å². The van der Waals surface area contributed by atoms with Crippen LogP contribution in [-0.4, -0.2) is 29.3 Å². The lowest BCUT2D eigenvalue weighted by Crippen LogP contribution is -2.11. The zero-order chi connectivity index (χ0) is 21.6. The Morgan fingerprint density at radius 2 is 1.56 bits per heavy atom. The van der Waals surface area contributed by atoms with E-state index in [0.717, 1.165) is 40.9 Å². The molecule has 1 fully saturated rings. The monoisotopic (exact) mass is 451 g/mol. The van der Waals surface area contributed by atoms with Gasteiger partial charge in [0.2, 0.25) is 0 Å². The number of hydrogen-bond donors (Lipinski definition) is 1. The van der Waals surface area contributed by atoms with Gasteiger partial charge in [0, 0.05) is 12.4 Å². The van der Waals surface area contributed by atoms with Gasteiger partial charge in [-0.25, -0.2) is 4.79 Å². The number of carboxylic acids is 1. The van der Waals surface area contributed by atoms with Crippen LogP contribution in [0.5, 0.6) is 11.5 Å². The van der Waals surface area contributed by atoms with Gasteiger partial charge in [-0.05, 0) is 90.4 Å². The molecule has 1 saturated carbocycles. The number of hydrogen-bond acceptors (Lipinski definition) is 4. The maximum Gasteiger partial charge on any atom is 0.335 e. The summed E-state index contributed by atoms with van der Waals surface area (Å²) in [7, 11) is 1.65. The van der Waals surface area contributed by atoms with E-state index in [1.165, 1.54) is 12.8 Å². The maximum atomic E-state index is 11.3. The summed E-state index contributed by atoms with van der Waals surface area (Å²) in [6, 6.07) is 16.7. The smallest absolute Gasteiger partial charge is 0.335 e. The summed E-state index contributed by atoms with van der Waals surface area (Å²) < 4.78 is 11.8. The van der Waals surface area contributed by atoms with Gasteiger partial charge < -0.3 is 14.6 Å². The minimum Gasteiger partial charge on any atom is -0.493 e. The standard InChI is InChI=1S/C26H25NO4.ClH/c1-30-24-11-10-21(17-25(24)31-22-4-2-3-5-22)23(16-18-12-14-27-15-13-18)19-6-8-20(9-7-19)26(28)29;/h6-17,22H,2-5H2,1H3,(H,28,29);1H/b23-16-;. The van der Waals surface area contributed by atoms with Crippen LogP contribution in [0.2, 0.25) is 0 Å². The minimum absolute atomic E-state index is 0. The molecule has 1 heterocycles. The number of ether oxygens (including phenoxy) is 2. The Balaban J connectivity index is 0.00000289. The molecule has 4 rings (SSSR count). The van der Waals surface area contributed by atoms with E-state index in [9.17, 15) is 9.90 Å². The third kappa shape index (κ3) is 5.48. The van der Waals surface area contributed by atoms with E-state index in [2.05, 4.69) is 11.1 Å². The molecule has 1 aliphatic carbocycles. The third-order valence-corrected chi connectivity index (χ3v) is 5.53. The highest BCUT2D eigenvalue weighted by atomic mass is 35.5. The molecule has 166 valence electrons. The normalized spacial score (nSPS) is 14.0. The van der Waals surface area contributed by atoms with Crippen molar-refractivity contribution in [2.45, 2.75) is 31.8 Å². The van der Waals surface area contributed by atoms with Crippen LogP contribution in [0, 0.1) is 0 Å². The molecule has 0 bridgehead atoms. The van der Waals surface area contributed by atoms with Gasteiger partial charge in [-0.1, -0.05) is 18.2 Å². The first-order valence-electron chi connectivity index (χ1n) is 10.4. The van der Waals surface area contributed by atoms with Crippen LogP contribution in [0.1, 0.15) is 52.7 Å². The highest BCUT2D eigenvalue weighted by molar-refractivity contribution is 5.93. The Bertz CT molecular complexity index is 1070. The van der Waals surface area contributed by atoms with Gasteiger partial charge in [-0.15, -0.1) is 12.4 Å². The van der Waals surface area contributed by atoms with E-state index >= 15 is 0 Å². The van der Waals surface area contributed by atoms with Crippen molar-refractivity contribution in [1.29, 1.82) is 0 Å². The SMILES string of the molecule is COc1ccc(/C(=C\c2ccncc2)c2ccc(C(=O)O)cc2)cc1OC1CCCC1.Cl. The number of halogens is 1. The summed E-state index contributed by atoms with van der Waals surface area (Å²) in [5, 5.41) is 9.24. The lowest BCUT2D eigenvalue weighted by Gasteiger charge is -2.18. The van der Waals surface area contributed by atoms with Gasteiger partial charge in [0.15, 0.2) is 11.5 Å². The fourth-order valence-electron chi connectivity index (χ4n) is 3.87. The summed E-state index contributed by atoms with van der Waals surface area (Å²) in [6.07, 6.45) is 10.3. The first-order chi connectivity index (χ1) is 15.1. The maximum absolute atomic E-state index is 11.3. The molecule has 1 aromatic heterocycles. The van der Waals surface area contributed by atoms with Crippen molar-refractivity contribution >= 4 is 30.0 Å². The number of nitrogens with zero attached hydrogens (tertiary/aromatic N) is 1. The van der Waals surface area contributed by atoms with Crippen LogP contribution in [0.4, 0.5) is 0 Å². The molecule has 0 amide bonds. The van der Waals surface area contributed by atoms with Crippen molar-refractivity contribution < 1.29 is 19.4 Å². The number of methoxy groups -OCH3 is 1. The third-order valence-electron chi connectivity index (χ3n) is 5.53. The van der Waals surface area contributed by atoms with Crippen LogP contribution in [-0.2, 0) is 0 Å². The zero-order valence-electron chi connectivity index (χ0n) is 17.9. The average molecular weight is 452 g/mol. The van der Waals surface area contributed by atoms with Crippen molar-refractivity contribution in [1.82, 2.24) is 4.98 Å². The highest BCUT2D eigenvalue weighted by Crippen LogP contribution is 2.36. The van der Waals surface area contributed by atoms with E-state index in [4.69, 9.17) is 9.47 Å². The minimum atomic E-state index is -0.942. The molecule has 0 radical (unpaired) electrons. The number of aromatic nitrogens is 1. The number of benzene rings is 2. The van der Waals surface area contributed by atoms with Gasteiger partial charge in [0.25, 0.3) is 0 Å². The number of aromatic carboxylic acids is 1. The molecule has 0 unspecified atom stereocenters. The van der Waals surface area contributed by atoms with Crippen molar-refractivity contribution in [2.24, 2.45) is 0 Å². The van der Waals surface area contributed by atoms with Gasteiger partial charge in [0.1, 0.15) is 0 Å². The van der Waals surface area contributed by atoms with Gasteiger partial charge in [-0.2, -0.15) is 0 Å². The lowest BCUT2D eigenvalue weighted by molar-refractivity contribution is 0.0697. The summed E-state index contributed by atoms with van der Waals surface area (Å²) in [5.74, 6) is 0.498. The Kier molecular flexibility index (Phi) is 7.90. The van der Waals surface area contributed by atoms with Gasteiger partial charge in [0.05, 0.1) is 18.8 Å². The molecular weight excluding hydrogens is 426 g/mol. The van der Waals surface area contributed by atoms with Crippen molar-refractivity contribution in [2.75, 3.05) is 7.11 Å².